The summed E-state index contributed by atoms with van der Waals surface area (Å²) in [5.74, 6) is -1.34. The van der Waals surface area contributed by atoms with E-state index in [-0.39, 0.29) is 11.7 Å². The highest BCUT2D eigenvalue weighted by Crippen LogP contribution is 2.08. The molecule has 0 aromatic carbocycles. The Bertz CT molecular complexity index is 522. The molecule has 0 fully saturated rings. The van der Waals surface area contributed by atoms with Gasteiger partial charge in [-0.1, -0.05) is 0 Å². The minimum absolute atomic E-state index is 0.120. The van der Waals surface area contributed by atoms with Crippen LogP contribution in [0.3, 0.4) is 0 Å². The molecule has 0 atom stereocenters. The van der Waals surface area contributed by atoms with Gasteiger partial charge >= 0.3 is 11.9 Å². The molecular formula is C10H10N2O4S2. The Morgan fingerprint density at radius 3 is 2.39 bits per heavy atom. The molecule has 0 aliphatic rings. The largest absolute Gasteiger partial charge is 0.476 e. The molecule has 2 aromatic heterocycles. The van der Waals surface area contributed by atoms with Crippen molar-refractivity contribution in [2.45, 2.75) is 6.92 Å². The number of nitrogens with zero attached hydrogens (tertiary/aromatic N) is 2. The van der Waals surface area contributed by atoms with E-state index in [9.17, 15) is 9.59 Å². The highest BCUT2D eigenvalue weighted by atomic mass is 32.1. The highest BCUT2D eigenvalue weighted by Gasteiger charge is 2.07. The Morgan fingerprint density at radius 1 is 1.33 bits per heavy atom. The van der Waals surface area contributed by atoms with Crippen molar-refractivity contribution in [3.8, 4) is 0 Å². The zero-order valence-corrected chi connectivity index (χ0v) is 11.2. The van der Waals surface area contributed by atoms with Gasteiger partial charge in [-0.25, -0.2) is 19.6 Å². The first-order valence-corrected chi connectivity index (χ1v) is 6.48. The predicted octanol–water partition coefficient (Wildman–Crippen LogP) is 2.08. The van der Waals surface area contributed by atoms with Crippen LogP contribution in [0, 0.1) is 6.92 Å². The zero-order chi connectivity index (χ0) is 13.5. The normalized spacial score (nSPS) is 9.22. The van der Waals surface area contributed by atoms with Crippen molar-refractivity contribution in [1.82, 2.24) is 9.97 Å². The highest BCUT2D eigenvalue weighted by molar-refractivity contribution is 7.09. The van der Waals surface area contributed by atoms with Crippen molar-refractivity contribution in [3.63, 3.8) is 0 Å². The number of carboxylic acid groups (broad SMARTS) is 1. The molecule has 2 rings (SSSR count). The average Bonchev–Trinajstić information content (AvgIpc) is 2.99. The van der Waals surface area contributed by atoms with Gasteiger partial charge in [-0.3, -0.25) is 0 Å². The summed E-state index contributed by atoms with van der Waals surface area (Å²) in [6, 6.07) is 0. The fraction of sp³-hybridized carbons (Fsp3) is 0.200. The van der Waals surface area contributed by atoms with Gasteiger partial charge in [0.1, 0.15) is 0 Å². The molecule has 2 heterocycles. The molecule has 2 aromatic rings. The number of carboxylic acids is 1. The molecule has 0 aliphatic carbocycles. The number of ether oxygens (including phenoxy) is 1. The molecule has 0 amide bonds. The van der Waals surface area contributed by atoms with Crippen LogP contribution in [0.2, 0.25) is 0 Å². The van der Waals surface area contributed by atoms with Crippen LogP contribution < -0.4 is 0 Å². The molecule has 1 N–H and O–H groups in total. The number of aromatic carboxylic acids is 1. The van der Waals surface area contributed by atoms with Crippen molar-refractivity contribution < 1.29 is 19.4 Å². The zero-order valence-electron chi connectivity index (χ0n) is 9.61. The minimum atomic E-state index is -0.966. The van der Waals surface area contributed by atoms with E-state index in [0.29, 0.717) is 5.69 Å². The van der Waals surface area contributed by atoms with Gasteiger partial charge in [-0.2, -0.15) is 0 Å². The first-order valence-electron chi connectivity index (χ1n) is 4.66. The number of hydrogen-bond acceptors (Lipinski definition) is 7. The van der Waals surface area contributed by atoms with E-state index in [1.165, 1.54) is 40.7 Å². The quantitative estimate of drug-likeness (QED) is 0.850. The van der Waals surface area contributed by atoms with Crippen molar-refractivity contribution in [3.05, 3.63) is 32.7 Å². The Kier molecular flexibility index (Phi) is 5.40. The van der Waals surface area contributed by atoms with Gasteiger partial charge < -0.3 is 9.84 Å². The monoisotopic (exact) mass is 286 g/mol. The van der Waals surface area contributed by atoms with E-state index in [1.54, 1.807) is 5.38 Å². The predicted molar refractivity (Wildman–Crippen MR) is 67.3 cm³/mol. The molecule has 0 aliphatic heterocycles. The lowest BCUT2D eigenvalue weighted by molar-refractivity contribution is 0.0594. The summed E-state index contributed by atoms with van der Waals surface area (Å²) in [5.41, 5.74) is 2.00. The number of aromatic nitrogens is 2. The van der Waals surface area contributed by atoms with E-state index < -0.39 is 5.97 Å². The third-order valence-electron chi connectivity index (χ3n) is 1.66. The summed E-state index contributed by atoms with van der Waals surface area (Å²) in [6.07, 6.45) is 0. The van der Waals surface area contributed by atoms with Gasteiger partial charge in [0.05, 0.1) is 17.6 Å². The van der Waals surface area contributed by atoms with E-state index >= 15 is 0 Å². The van der Waals surface area contributed by atoms with Gasteiger partial charge in [-0.15, -0.1) is 22.7 Å². The molecule has 0 spiro atoms. The van der Waals surface area contributed by atoms with E-state index in [4.69, 9.17) is 5.11 Å². The molecular weight excluding hydrogens is 276 g/mol. The maximum Gasteiger partial charge on any atom is 0.357 e. The van der Waals surface area contributed by atoms with Crippen LogP contribution in [0.25, 0.3) is 0 Å². The van der Waals surface area contributed by atoms with Crippen molar-refractivity contribution >= 4 is 34.6 Å². The van der Waals surface area contributed by atoms with E-state index in [2.05, 4.69) is 14.7 Å². The SMILES string of the molecule is COC(=O)c1csc(C)n1.O=C(O)c1cscn1. The summed E-state index contributed by atoms with van der Waals surface area (Å²) in [6.45, 7) is 1.84. The van der Waals surface area contributed by atoms with Gasteiger partial charge in [0, 0.05) is 10.8 Å². The molecule has 0 bridgehead atoms. The number of carbonyl (C=O) groups is 2. The van der Waals surface area contributed by atoms with Crippen LogP contribution in [-0.2, 0) is 4.74 Å². The number of rotatable bonds is 2. The number of methoxy groups -OCH3 is 1. The van der Waals surface area contributed by atoms with Crippen LogP contribution >= 0.6 is 22.7 Å². The van der Waals surface area contributed by atoms with Crippen LogP contribution in [0.5, 0.6) is 0 Å². The van der Waals surface area contributed by atoms with Gasteiger partial charge in [0.15, 0.2) is 11.4 Å². The Balaban J connectivity index is 0.000000184. The topological polar surface area (TPSA) is 89.4 Å². The van der Waals surface area contributed by atoms with Crippen LogP contribution in [0.1, 0.15) is 26.0 Å². The summed E-state index contributed by atoms with van der Waals surface area (Å²) >= 11 is 2.71. The fourth-order valence-electron chi connectivity index (χ4n) is 0.880. The minimum Gasteiger partial charge on any atom is -0.476 e. The van der Waals surface area contributed by atoms with Crippen LogP contribution in [-0.4, -0.2) is 34.1 Å². The van der Waals surface area contributed by atoms with Crippen molar-refractivity contribution in [2.75, 3.05) is 7.11 Å². The number of esters is 1. The maximum atomic E-state index is 10.7. The van der Waals surface area contributed by atoms with Gasteiger partial charge in [-0.05, 0) is 6.92 Å². The summed E-state index contributed by atoms with van der Waals surface area (Å²) in [7, 11) is 1.34. The lowest BCUT2D eigenvalue weighted by Crippen LogP contribution is -2.00. The molecule has 0 unspecified atom stereocenters. The second kappa shape index (κ2) is 6.82. The second-order valence-electron chi connectivity index (χ2n) is 2.92. The Morgan fingerprint density at radius 2 is 2.06 bits per heavy atom. The number of aryl methyl sites for hydroxylation is 1. The summed E-state index contributed by atoms with van der Waals surface area (Å²) in [5, 5.41) is 12.3. The maximum absolute atomic E-state index is 10.7. The Hall–Kier alpha value is -1.80. The summed E-state index contributed by atoms with van der Waals surface area (Å²) in [4.78, 5) is 28.2. The third-order valence-corrected chi connectivity index (χ3v) is 3.02. The first-order chi connectivity index (χ1) is 8.54. The van der Waals surface area contributed by atoms with Crippen LogP contribution in [0.15, 0.2) is 16.3 Å². The Labute approximate surface area is 111 Å². The molecule has 96 valence electrons. The van der Waals surface area contributed by atoms with Gasteiger partial charge in [0.25, 0.3) is 0 Å². The van der Waals surface area contributed by atoms with Crippen molar-refractivity contribution in [1.29, 1.82) is 0 Å². The molecule has 6 nitrogen and oxygen atoms in total. The molecule has 0 saturated heterocycles. The van der Waals surface area contributed by atoms with E-state index in [1.807, 2.05) is 6.92 Å². The number of thiazole rings is 2. The number of carbonyl (C=O) groups excluding carboxylic acids is 1. The molecule has 18 heavy (non-hydrogen) atoms. The lowest BCUT2D eigenvalue weighted by atomic mass is 10.5. The second-order valence-corrected chi connectivity index (χ2v) is 4.70. The van der Waals surface area contributed by atoms with Crippen LogP contribution in [0.4, 0.5) is 0 Å². The lowest BCUT2D eigenvalue weighted by Gasteiger charge is -1.89. The molecule has 0 radical (unpaired) electrons. The molecule has 8 heteroatoms. The van der Waals surface area contributed by atoms with E-state index in [0.717, 1.165) is 5.01 Å². The smallest absolute Gasteiger partial charge is 0.357 e. The molecule has 0 saturated carbocycles. The summed E-state index contributed by atoms with van der Waals surface area (Å²) < 4.78 is 4.45. The first kappa shape index (κ1) is 14.3. The van der Waals surface area contributed by atoms with Gasteiger partial charge in [0.2, 0.25) is 0 Å². The standard InChI is InChI=1S/C6H7NO2S.C4H3NO2S/c1-4-7-5(3-10-4)6(8)9-2;6-4(7)3-1-8-2-5-3/h3H,1-2H3;1-2H,(H,6,7). The third kappa shape index (κ3) is 4.22. The fourth-order valence-corrected chi connectivity index (χ4v) is 1.99. The number of hydrogen-bond donors (Lipinski definition) is 1. The average molecular weight is 286 g/mol. The van der Waals surface area contributed by atoms with Crippen molar-refractivity contribution in [2.24, 2.45) is 0 Å².